The van der Waals surface area contributed by atoms with Crippen molar-refractivity contribution >= 4 is 0 Å². The standard InChI is InChI=1S/C20H42NO2/c1-2-3-4-5-6-7-8-9-10-11-12-13-14-15-16-17-20(23)19(21)18-22/h19-23H,2-18H2,1H3. The van der Waals surface area contributed by atoms with Crippen LogP contribution < -0.4 is 5.73 Å². The second kappa shape index (κ2) is 18.2. The SMILES string of the molecule is CCCCCCCCCCCCCCCCCC(O)C([NH])CO. The van der Waals surface area contributed by atoms with Crippen LogP contribution in [0.15, 0.2) is 0 Å². The molecule has 0 aromatic rings. The Morgan fingerprint density at radius 3 is 1.35 bits per heavy atom. The maximum absolute atomic E-state index is 9.57. The van der Waals surface area contributed by atoms with Gasteiger partial charge in [-0.15, -0.1) is 0 Å². The molecule has 0 aliphatic heterocycles. The summed E-state index contributed by atoms with van der Waals surface area (Å²) in [6.07, 6.45) is 20.1. The smallest absolute Gasteiger partial charge is 0.0729 e. The molecule has 2 atom stereocenters. The van der Waals surface area contributed by atoms with Gasteiger partial charge >= 0.3 is 0 Å². The lowest BCUT2D eigenvalue weighted by Gasteiger charge is -2.15. The Labute approximate surface area is 145 Å². The Morgan fingerprint density at radius 2 is 1.00 bits per heavy atom. The predicted molar refractivity (Wildman–Crippen MR) is 99.5 cm³/mol. The molecular weight excluding hydrogens is 286 g/mol. The first kappa shape index (κ1) is 22.9. The molecule has 3 heteroatoms. The highest BCUT2D eigenvalue weighted by atomic mass is 16.3. The van der Waals surface area contributed by atoms with E-state index in [4.69, 9.17) is 10.8 Å². The normalized spacial score (nSPS) is 14.1. The summed E-state index contributed by atoms with van der Waals surface area (Å²) < 4.78 is 0. The van der Waals surface area contributed by atoms with E-state index in [9.17, 15) is 5.11 Å². The topological polar surface area (TPSA) is 64.3 Å². The van der Waals surface area contributed by atoms with Crippen LogP contribution in [0.4, 0.5) is 0 Å². The van der Waals surface area contributed by atoms with Crippen LogP contribution in [0.5, 0.6) is 0 Å². The predicted octanol–water partition coefficient (Wildman–Crippen LogP) is 5.25. The molecule has 0 aromatic heterocycles. The van der Waals surface area contributed by atoms with E-state index in [-0.39, 0.29) is 6.61 Å². The van der Waals surface area contributed by atoms with Gasteiger partial charge in [-0.3, -0.25) is 0 Å². The number of hydrogen-bond donors (Lipinski definition) is 2. The van der Waals surface area contributed by atoms with Gasteiger partial charge in [0.2, 0.25) is 0 Å². The molecule has 0 saturated heterocycles. The maximum Gasteiger partial charge on any atom is 0.0729 e. The molecule has 23 heavy (non-hydrogen) atoms. The van der Waals surface area contributed by atoms with Crippen molar-refractivity contribution < 1.29 is 10.2 Å². The third kappa shape index (κ3) is 16.5. The average Bonchev–Trinajstić information content (AvgIpc) is 2.57. The third-order valence-corrected chi connectivity index (χ3v) is 4.76. The van der Waals surface area contributed by atoms with Crippen LogP contribution in [0.3, 0.4) is 0 Å². The number of aliphatic hydroxyl groups excluding tert-OH is 2. The summed E-state index contributed by atoms with van der Waals surface area (Å²) in [5.74, 6) is 0. The zero-order chi connectivity index (χ0) is 17.2. The lowest BCUT2D eigenvalue weighted by molar-refractivity contribution is 0.0958. The van der Waals surface area contributed by atoms with Crippen molar-refractivity contribution in [3.05, 3.63) is 0 Å². The van der Waals surface area contributed by atoms with Gasteiger partial charge < -0.3 is 10.2 Å². The van der Waals surface area contributed by atoms with Crippen molar-refractivity contribution in [2.45, 2.75) is 122 Å². The van der Waals surface area contributed by atoms with Gasteiger partial charge in [0, 0.05) is 0 Å². The first-order chi connectivity index (χ1) is 11.2. The molecule has 2 unspecified atom stereocenters. The summed E-state index contributed by atoms with van der Waals surface area (Å²) in [7, 11) is 0. The number of unbranched alkanes of at least 4 members (excludes halogenated alkanes) is 14. The van der Waals surface area contributed by atoms with E-state index in [0.717, 1.165) is 12.8 Å². The monoisotopic (exact) mass is 328 g/mol. The molecule has 0 bridgehead atoms. The summed E-state index contributed by atoms with van der Waals surface area (Å²) in [4.78, 5) is 0. The molecule has 0 aromatic carbocycles. The summed E-state index contributed by atoms with van der Waals surface area (Å²) in [5, 5.41) is 18.4. The number of nitrogens with one attached hydrogen (secondary N) is 1. The third-order valence-electron chi connectivity index (χ3n) is 4.76. The van der Waals surface area contributed by atoms with E-state index in [1.165, 1.54) is 83.5 Å². The number of hydrogen-bond acceptors (Lipinski definition) is 2. The Balaban J connectivity index is 3.08. The van der Waals surface area contributed by atoms with Crippen LogP contribution in [-0.2, 0) is 0 Å². The molecule has 0 spiro atoms. The Bertz CT molecular complexity index is 224. The lowest BCUT2D eigenvalue weighted by atomic mass is 10.0. The van der Waals surface area contributed by atoms with Gasteiger partial charge in [-0.2, -0.15) is 0 Å². The van der Waals surface area contributed by atoms with Gasteiger partial charge in [-0.25, -0.2) is 5.73 Å². The van der Waals surface area contributed by atoms with Crippen LogP contribution in [0.25, 0.3) is 0 Å². The molecule has 1 radical (unpaired) electrons. The highest BCUT2D eigenvalue weighted by Gasteiger charge is 2.13. The Hall–Kier alpha value is -0.120. The largest absolute Gasteiger partial charge is 0.395 e. The molecule has 0 amide bonds. The van der Waals surface area contributed by atoms with Crippen molar-refractivity contribution in [2.75, 3.05) is 6.61 Å². The minimum atomic E-state index is -0.721. The highest BCUT2D eigenvalue weighted by molar-refractivity contribution is 4.69. The van der Waals surface area contributed by atoms with E-state index < -0.39 is 12.1 Å². The Morgan fingerprint density at radius 1 is 0.652 bits per heavy atom. The van der Waals surface area contributed by atoms with Crippen molar-refractivity contribution in [2.24, 2.45) is 0 Å². The molecule has 0 aliphatic carbocycles. The van der Waals surface area contributed by atoms with Crippen molar-refractivity contribution in [1.82, 2.24) is 5.73 Å². The van der Waals surface area contributed by atoms with Gasteiger partial charge in [0.25, 0.3) is 0 Å². The average molecular weight is 329 g/mol. The van der Waals surface area contributed by atoms with Gasteiger partial charge in [0.1, 0.15) is 0 Å². The summed E-state index contributed by atoms with van der Waals surface area (Å²) >= 11 is 0. The molecule has 0 aliphatic rings. The second-order valence-electron chi connectivity index (χ2n) is 7.09. The van der Waals surface area contributed by atoms with E-state index in [1.807, 2.05) is 0 Å². The molecule has 139 valence electrons. The van der Waals surface area contributed by atoms with Gasteiger partial charge in [-0.1, -0.05) is 103 Å². The van der Waals surface area contributed by atoms with E-state index in [2.05, 4.69) is 6.92 Å². The summed E-state index contributed by atoms with van der Waals surface area (Å²) in [6, 6.07) is -0.721. The Kier molecular flexibility index (Phi) is 18.1. The van der Waals surface area contributed by atoms with Gasteiger partial charge in [0.15, 0.2) is 0 Å². The van der Waals surface area contributed by atoms with Crippen LogP contribution in [-0.4, -0.2) is 29.0 Å². The quantitative estimate of drug-likeness (QED) is 0.337. The van der Waals surface area contributed by atoms with E-state index in [0.29, 0.717) is 6.42 Å². The van der Waals surface area contributed by atoms with Crippen molar-refractivity contribution in [3.8, 4) is 0 Å². The summed E-state index contributed by atoms with van der Waals surface area (Å²) in [6.45, 7) is 2.04. The minimum Gasteiger partial charge on any atom is -0.395 e. The zero-order valence-corrected chi connectivity index (χ0v) is 15.6. The molecule has 0 saturated carbocycles. The van der Waals surface area contributed by atoms with Gasteiger partial charge in [-0.05, 0) is 6.42 Å². The number of aliphatic hydroxyl groups is 2. The van der Waals surface area contributed by atoms with Crippen LogP contribution >= 0.6 is 0 Å². The molecule has 3 nitrogen and oxygen atoms in total. The van der Waals surface area contributed by atoms with Crippen LogP contribution in [0.2, 0.25) is 0 Å². The maximum atomic E-state index is 9.57. The molecule has 0 fully saturated rings. The lowest BCUT2D eigenvalue weighted by Crippen LogP contribution is -2.30. The molecule has 0 heterocycles. The first-order valence-corrected chi connectivity index (χ1v) is 10.2. The summed E-state index contributed by atoms with van der Waals surface area (Å²) in [5.41, 5.74) is 7.41. The fourth-order valence-electron chi connectivity index (χ4n) is 3.05. The van der Waals surface area contributed by atoms with Crippen molar-refractivity contribution in [3.63, 3.8) is 0 Å². The van der Waals surface area contributed by atoms with Crippen molar-refractivity contribution in [1.29, 1.82) is 0 Å². The van der Waals surface area contributed by atoms with Crippen LogP contribution in [0.1, 0.15) is 110 Å². The first-order valence-electron chi connectivity index (χ1n) is 10.2. The van der Waals surface area contributed by atoms with E-state index in [1.54, 1.807) is 0 Å². The van der Waals surface area contributed by atoms with E-state index >= 15 is 0 Å². The van der Waals surface area contributed by atoms with Crippen LogP contribution in [0, 0.1) is 0 Å². The second-order valence-corrected chi connectivity index (χ2v) is 7.09. The molecule has 3 N–H and O–H groups in total. The molecular formula is C20H42NO2. The fraction of sp³-hybridized carbons (Fsp3) is 1.00. The molecule has 0 rings (SSSR count). The fourth-order valence-corrected chi connectivity index (χ4v) is 3.05. The zero-order valence-electron chi connectivity index (χ0n) is 15.6. The van der Waals surface area contributed by atoms with Gasteiger partial charge in [0.05, 0.1) is 18.8 Å². The minimum absolute atomic E-state index is 0.236. The number of rotatable bonds is 18. The highest BCUT2D eigenvalue weighted by Crippen LogP contribution is 2.14.